The predicted octanol–water partition coefficient (Wildman–Crippen LogP) is 2.85. The Hall–Kier alpha value is 0.0500. The lowest BCUT2D eigenvalue weighted by atomic mass is 9.80. The third kappa shape index (κ3) is 3.35. The molecule has 0 spiro atoms. The monoisotopic (exact) mass is 200 g/mol. The fourth-order valence-electron chi connectivity index (χ4n) is 2.04. The fraction of sp³-hybridized carbons (Fsp3) is 0.818. The second-order valence-corrected chi connectivity index (χ2v) is 5.87. The molecular formula is C11H20OS. The first-order valence-corrected chi connectivity index (χ1v) is 6.04. The number of hydrogen-bond donors (Lipinski definition) is 1. The van der Waals surface area contributed by atoms with Crippen LogP contribution >= 0.6 is 11.8 Å². The van der Waals surface area contributed by atoms with Gasteiger partial charge >= 0.3 is 0 Å². The minimum atomic E-state index is -0.444. The van der Waals surface area contributed by atoms with Gasteiger partial charge in [0.05, 0.1) is 5.60 Å². The molecule has 0 radical (unpaired) electrons. The topological polar surface area (TPSA) is 20.2 Å². The van der Waals surface area contributed by atoms with Crippen molar-refractivity contribution in [3.05, 3.63) is 12.7 Å². The molecule has 13 heavy (non-hydrogen) atoms. The number of rotatable bonds is 3. The van der Waals surface area contributed by atoms with E-state index in [-0.39, 0.29) is 0 Å². The molecule has 0 aromatic heterocycles. The molecule has 1 aliphatic heterocycles. The van der Waals surface area contributed by atoms with E-state index >= 15 is 0 Å². The molecule has 2 heteroatoms. The van der Waals surface area contributed by atoms with E-state index in [4.69, 9.17) is 0 Å². The van der Waals surface area contributed by atoms with Gasteiger partial charge < -0.3 is 5.11 Å². The summed E-state index contributed by atoms with van der Waals surface area (Å²) in [5.74, 6) is 2.06. The van der Waals surface area contributed by atoms with E-state index < -0.39 is 5.60 Å². The summed E-state index contributed by atoms with van der Waals surface area (Å²) in [6.45, 7) is 8.16. The maximum atomic E-state index is 10.3. The van der Waals surface area contributed by atoms with Crippen molar-refractivity contribution in [2.75, 3.05) is 11.5 Å². The average molecular weight is 200 g/mol. The van der Waals surface area contributed by atoms with Crippen LogP contribution in [-0.2, 0) is 0 Å². The largest absolute Gasteiger partial charge is 0.389 e. The lowest BCUT2D eigenvalue weighted by Gasteiger charge is -2.41. The van der Waals surface area contributed by atoms with Crippen LogP contribution in [0.2, 0.25) is 0 Å². The van der Waals surface area contributed by atoms with Gasteiger partial charge in [0.1, 0.15) is 0 Å². The van der Waals surface area contributed by atoms with Crippen molar-refractivity contribution in [3.63, 3.8) is 0 Å². The Morgan fingerprint density at radius 3 is 2.69 bits per heavy atom. The maximum Gasteiger partial charge on any atom is 0.0746 e. The number of aliphatic hydroxyl groups is 1. The van der Waals surface area contributed by atoms with Crippen molar-refractivity contribution < 1.29 is 5.11 Å². The molecule has 0 bridgehead atoms. The summed E-state index contributed by atoms with van der Waals surface area (Å²) < 4.78 is 0. The van der Waals surface area contributed by atoms with Gasteiger partial charge in [0.25, 0.3) is 0 Å². The first-order valence-electron chi connectivity index (χ1n) is 4.89. The van der Waals surface area contributed by atoms with Gasteiger partial charge in [0, 0.05) is 5.75 Å². The van der Waals surface area contributed by atoms with Gasteiger partial charge in [0.15, 0.2) is 0 Å². The smallest absolute Gasteiger partial charge is 0.0746 e. The van der Waals surface area contributed by atoms with Crippen molar-refractivity contribution in [2.45, 2.75) is 38.7 Å². The molecule has 1 fully saturated rings. The van der Waals surface area contributed by atoms with E-state index in [1.165, 1.54) is 5.75 Å². The summed E-state index contributed by atoms with van der Waals surface area (Å²) in [5.41, 5.74) is -0.153. The molecule has 1 saturated heterocycles. The Morgan fingerprint density at radius 2 is 2.15 bits per heavy atom. The molecule has 1 heterocycles. The molecule has 1 nitrogen and oxygen atoms in total. The van der Waals surface area contributed by atoms with E-state index in [1.807, 2.05) is 17.8 Å². The summed E-state index contributed by atoms with van der Waals surface area (Å²) in [4.78, 5) is 0. The lowest BCUT2D eigenvalue weighted by molar-refractivity contribution is 0.0128. The summed E-state index contributed by atoms with van der Waals surface area (Å²) in [6, 6.07) is 0. The van der Waals surface area contributed by atoms with E-state index in [0.717, 1.165) is 25.0 Å². The standard InChI is InChI=1S/C11H20OS/c1-4-5-6-11(12)7-10(2,3)8-13-9-11/h4,12H,1,5-9H2,2-3H3. The molecule has 1 aliphatic rings. The molecule has 0 amide bonds. The summed E-state index contributed by atoms with van der Waals surface area (Å²) >= 11 is 1.87. The molecule has 76 valence electrons. The van der Waals surface area contributed by atoms with Crippen molar-refractivity contribution >= 4 is 11.8 Å². The predicted molar refractivity (Wildman–Crippen MR) is 60.1 cm³/mol. The van der Waals surface area contributed by atoms with Crippen LogP contribution in [0.4, 0.5) is 0 Å². The van der Waals surface area contributed by atoms with Crippen molar-refractivity contribution in [3.8, 4) is 0 Å². The molecule has 1 N–H and O–H groups in total. The quantitative estimate of drug-likeness (QED) is 0.707. The van der Waals surface area contributed by atoms with E-state index in [0.29, 0.717) is 5.41 Å². The van der Waals surface area contributed by atoms with Crippen LogP contribution in [0.25, 0.3) is 0 Å². The normalized spacial score (nSPS) is 32.8. The number of thioether (sulfide) groups is 1. The highest BCUT2D eigenvalue weighted by Gasteiger charge is 2.38. The Morgan fingerprint density at radius 1 is 1.46 bits per heavy atom. The second-order valence-electron chi connectivity index (χ2n) is 4.89. The third-order valence-electron chi connectivity index (χ3n) is 2.48. The van der Waals surface area contributed by atoms with Crippen LogP contribution in [0.1, 0.15) is 33.1 Å². The summed E-state index contributed by atoms with van der Waals surface area (Å²) in [7, 11) is 0. The highest BCUT2D eigenvalue weighted by atomic mass is 32.2. The van der Waals surface area contributed by atoms with Crippen LogP contribution in [0.5, 0.6) is 0 Å². The maximum absolute atomic E-state index is 10.3. The van der Waals surface area contributed by atoms with Gasteiger partial charge in [-0.2, -0.15) is 11.8 Å². The minimum Gasteiger partial charge on any atom is -0.389 e. The Balaban J connectivity index is 2.52. The molecule has 0 saturated carbocycles. The van der Waals surface area contributed by atoms with Crippen LogP contribution in [0, 0.1) is 5.41 Å². The van der Waals surface area contributed by atoms with Gasteiger partial charge in [-0.05, 0) is 30.4 Å². The first-order chi connectivity index (χ1) is 5.97. The third-order valence-corrected chi connectivity index (χ3v) is 4.21. The zero-order valence-electron chi connectivity index (χ0n) is 8.68. The van der Waals surface area contributed by atoms with Gasteiger partial charge in [-0.25, -0.2) is 0 Å². The SMILES string of the molecule is C=CCCC1(O)CSCC(C)(C)C1. The van der Waals surface area contributed by atoms with Gasteiger partial charge in [-0.15, -0.1) is 6.58 Å². The molecule has 0 aromatic carbocycles. The zero-order valence-corrected chi connectivity index (χ0v) is 9.49. The van der Waals surface area contributed by atoms with Crippen molar-refractivity contribution in [1.29, 1.82) is 0 Å². The van der Waals surface area contributed by atoms with E-state index in [1.54, 1.807) is 0 Å². The Bertz CT molecular complexity index is 189. The van der Waals surface area contributed by atoms with Crippen LogP contribution in [0.15, 0.2) is 12.7 Å². The van der Waals surface area contributed by atoms with Crippen LogP contribution in [-0.4, -0.2) is 22.2 Å². The van der Waals surface area contributed by atoms with Gasteiger partial charge in [-0.3, -0.25) is 0 Å². The van der Waals surface area contributed by atoms with Crippen molar-refractivity contribution in [2.24, 2.45) is 5.41 Å². The average Bonchev–Trinajstić information content (AvgIpc) is 1.98. The number of hydrogen-bond acceptors (Lipinski definition) is 2. The molecular weight excluding hydrogens is 180 g/mol. The highest BCUT2D eigenvalue weighted by molar-refractivity contribution is 7.99. The Kier molecular flexibility index (Phi) is 3.47. The molecule has 1 rings (SSSR count). The lowest BCUT2D eigenvalue weighted by Crippen LogP contribution is -2.42. The molecule has 0 aromatic rings. The highest BCUT2D eigenvalue weighted by Crippen LogP contribution is 2.41. The van der Waals surface area contributed by atoms with E-state index in [9.17, 15) is 5.11 Å². The minimum absolute atomic E-state index is 0.291. The van der Waals surface area contributed by atoms with E-state index in [2.05, 4.69) is 20.4 Å². The van der Waals surface area contributed by atoms with Crippen LogP contribution in [0.3, 0.4) is 0 Å². The Labute approximate surface area is 85.6 Å². The van der Waals surface area contributed by atoms with Gasteiger partial charge in [-0.1, -0.05) is 19.9 Å². The van der Waals surface area contributed by atoms with Crippen molar-refractivity contribution in [1.82, 2.24) is 0 Å². The number of allylic oxidation sites excluding steroid dienone is 1. The molecule has 0 aliphatic carbocycles. The van der Waals surface area contributed by atoms with Gasteiger partial charge in [0.2, 0.25) is 0 Å². The second kappa shape index (κ2) is 4.05. The summed E-state index contributed by atoms with van der Waals surface area (Å²) in [5, 5.41) is 10.3. The summed E-state index contributed by atoms with van der Waals surface area (Å²) in [6.07, 6.45) is 4.62. The molecule has 1 atom stereocenters. The fourth-order valence-corrected chi connectivity index (χ4v) is 3.42. The van der Waals surface area contributed by atoms with Crippen LogP contribution < -0.4 is 0 Å². The first kappa shape index (κ1) is 11.1. The molecule has 1 unspecified atom stereocenters. The zero-order chi connectivity index (χ0) is 9.95.